The quantitative estimate of drug-likeness (QED) is 0.256. The van der Waals surface area contributed by atoms with Crippen molar-refractivity contribution in [3.8, 4) is 11.3 Å². The number of nitrogens with one attached hydrogen (secondary N) is 1. The average Bonchev–Trinajstić information content (AvgIpc) is 3.98. The monoisotopic (exact) mass is 822 g/mol. The van der Waals surface area contributed by atoms with E-state index in [1.807, 2.05) is 26.1 Å². The minimum atomic E-state index is -0.795. The van der Waals surface area contributed by atoms with Gasteiger partial charge in [-0.25, -0.2) is 4.98 Å². The number of imidazole rings is 1. The summed E-state index contributed by atoms with van der Waals surface area (Å²) in [5.41, 5.74) is 1.57. The third-order valence-electron chi connectivity index (χ3n) is 20.9. The molecule has 8 nitrogen and oxygen atoms in total. The number of esters is 1. The zero-order chi connectivity index (χ0) is 42.8. The molecule has 6 aliphatic carbocycles. The largest absolute Gasteiger partial charge is 0.481 e. The van der Waals surface area contributed by atoms with E-state index in [0.717, 1.165) is 81.4 Å². The van der Waals surface area contributed by atoms with Gasteiger partial charge in [0.1, 0.15) is 11.9 Å². The Kier molecular flexibility index (Phi) is 10.1. The van der Waals surface area contributed by atoms with Crippen molar-refractivity contribution in [1.82, 2.24) is 14.9 Å². The molecule has 0 bridgehead atoms. The molecule has 328 valence electrons. The van der Waals surface area contributed by atoms with Gasteiger partial charge in [-0.3, -0.25) is 14.4 Å². The lowest BCUT2D eigenvalue weighted by molar-refractivity contribution is -0.253. The lowest BCUT2D eigenvalue weighted by Crippen LogP contribution is -2.67. The summed E-state index contributed by atoms with van der Waals surface area (Å²) in [7, 11) is 0. The summed E-state index contributed by atoms with van der Waals surface area (Å²) >= 11 is 0. The fraction of sp³-hybridized carbons (Fsp3) is 0.769. The van der Waals surface area contributed by atoms with E-state index in [9.17, 15) is 14.7 Å². The molecule has 60 heavy (non-hydrogen) atoms. The lowest BCUT2D eigenvalue weighted by Gasteiger charge is -2.73. The van der Waals surface area contributed by atoms with Gasteiger partial charge in [-0.05, 0) is 153 Å². The van der Waals surface area contributed by atoms with E-state index in [0.29, 0.717) is 54.3 Å². The van der Waals surface area contributed by atoms with Crippen LogP contribution in [-0.2, 0) is 19.1 Å². The van der Waals surface area contributed by atoms with Gasteiger partial charge in [0, 0.05) is 12.0 Å². The molecule has 14 atom stereocenters. The van der Waals surface area contributed by atoms with Gasteiger partial charge in [-0.15, -0.1) is 0 Å². The van der Waals surface area contributed by atoms with Gasteiger partial charge in [0.05, 0.1) is 35.2 Å². The number of aromatic amines is 1. The van der Waals surface area contributed by atoms with E-state index < -0.39 is 17.3 Å². The number of likely N-dealkylation sites (tertiary alicyclic amines) is 1. The van der Waals surface area contributed by atoms with Crippen molar-refractivity contribution in [3.05, 3.63) is 42.4 Å². The number of amides is 1. The summed E-state index contributed by atoms with van der Waals surface area (Å²) in [4.78, 5) is 52.3. The van der Waals surface area contributed by atoms with Crippen LogP contribution < -0.4 is 0 Å². The van der Waals surface area contributed by atoms with Crippen molar-refractivity contribution in [1.29, 1.82) is 0 Å². The first kappa shape index (κ1) is 42.2. The van der Waals surface area contributed by atoms with E-state index in [-0.39, 0.29) is 51.1 Å². The van der Waals surface area contributed by atoms with Gasteiger partial charge in [-0.1, -0.05) is 92.6 Å². The number of carbonyl (C=O) groups is 3. The molecule has 6 saturated carbocycles. The maximum Gasteiger partial charge on any atom is 0.309 e. The highest BCUT2D eigenvalue weighted by Crippen LogP contribution is 2.78. The van der Waals surface area contributed by atoms with Crippen LogP contribution in [0, 0.1) is 79.8 Å². The Morgan fingerprint density at radius 3 is 2.32 bits per heavy atom. The molecule has 0 spiro atoms. The van der Waals surface area contributed by atoms with Crippen molar-refractivity contribution in [3.63, 3.8) is 0 Å². The van der Waals surface area contributed by atoms with Crippen molar-refractivity contribution >= 4 is 17.8 Å². The number of hydrogen-bond donors (Lipinski definition) is 2. The number of nitrogens with zero attached hydrogens (tertiary/aromatic N) is 2. The Bertz CT molecular complexity index is 1990. The predicted molar refractivity (Wildman–Crippen MR) is 234 cm³/mol. The summed E-state index contributed by atoms with van der Waals surface area (Å²) in [6.45, 7) is 22.3. The Hall–Kier alpha value is -3.16. The molecule has 2 aromatic rings. The molecule has 1 saturated heterocycles. The zero-order valence-electron chi connectivity index (χ0n) is 38.3. The molecular weight excluding hydrogens is 747 g/mol. The Morgan fingerprint density at radius 1 is 0.867 bits per heavy atom. The number of rotatable bonds is 8. The number of fused-ring (bicyclic) bond motifs is 7. The molecule has 14 unspecified atom stereocenters. The van der Waals surface area contributed by atoms with Gasteiger partial charge in [0.2, 0.25) is 5.91 Å². The average molecular weight is 822 g/mol. The number of ether oxygens (including phenoxy) is 1. The van der Waals surface area contributed by atoms with E-state index in [4.69, 9.17) is 9.72 Å². The molecule has 7 fully saturated rings. The molecule has 7 aliphatic rings. The number of benzene rings is 1. The van der Waals surface area contributed by atoms with Gasteiger partial charge in [0.25, 0.3) is 0 Å². The molecule has 2 heterocycles. The van der Waals surface area contributed by atoms with Crippen LogP contribution in [0.1, 0.15) is 164 Å². The zero-order valence-corrected chi connectivity index (χ0v) is 38.3. The smallest absolute Gasteiger partial charge is 0.309 e. The first-order chi connectivity index (χ1) is 28.4. The molecule has 1 aliphatic heterocycles. The number of hydrogen-bond acceptors (Lipinski definition) is 5. The molecule has 8 heteroatoms. The molecule has 0 radical (unpaired) electrons. The first-order valence-electron chi connectivity index (χ1n) is 24.2. The van der Waals surface area contributed by atoms with Crippen LogP contribution >= 0.6 is 0 Å². The van der Waals surface area contributed by atoms with Crippen molar-refractivity contribution < 1.29 is 24.2 Å². The first-order valence-corrected chi connectivity index (χ1v) is 24.2. The number of carbonyl (C=O) groups excluding carboxylic acids is 2. The second kappa shape index (κ2) is 14.4. The minimum absolute atomic E-state index is 0.00386. The fourth-order valence-corrected chi connectivity index (χ4v) is 17.1. The molecule has 9 rings (SSSR count). The maximum absolute atomic E-state index is 15.6. The molecule has 1 amide bonds. The van der Waals surface area contributed by atoms with Crippen molar-refractivity contribution in [2.75, 3.05) is 6.54 Å². The Labute approximate surface area is 360 Å². The number of aliphatic carboxylic acids is 1. The highest BCUT2D eigenvalue weighted by molar-refractivity contribution is 5.85. The SMILES string of the molecule is CCC1(C)C(C(=O)O)CC1C(=O)OC1CCC2(C)C(CCC3(C)C2CCC2C4C(C(C)C)CCC4(C(=O)N4CCCC4c4ncc(-c5ccccc5)[nH]4)CCC23C)C1(C)C. The van der Waals surface area contributed by atoms with Crippen molar-refractivity contribution in [2.24, 2.45) is 79.8 Å². The summed E-state index contributed by atoms with van der Waals surface area (Å²) in [6.07, 6.45) is 15.8. The number of carboxylic acids is 1. The van der Waals surface area contributed by atoms with Crippen LogP contribution in [0.25, 0.3) is 11.3 Å². The van der Waals surface area contributed by atoms with Crippen LogP contribution in [0.15, 0.2) is 36.5 Å². The Balaban J connectivity index is 0.964. The highest BCUT2D eigenvalue weighted by atomic mass is 16.5. The fourth-order valence-electron chi connectivity index (χ4n) is 17.1. The highest BCUT2D eigenvalue weighted by Gasteiger charge is 2.73. The summed E-state index contributed by atoms with van der Waals surface area (Å²) < 4.78 is 6.54. The third-order valence-corrected chi connectivity index (χ3v) is 20.9. The van der Waals surface area contributed by atoms with Crippen LogP contribution in [0.4, 0.5) is 0 Å². The Morgan fingerprint density at radius 2 is 1.62 bits per heavy atom. The summed E-state index contributed by atoms with van der Waals surface area (Å²) in [5, 5.41) is 9.84. The van der Waals surface area contributed by atoms with E-state index in [1.54, 1.807) is 0 Å². The lowest BCUT2D eigenvalue weighted by atomic mass is 9.32. The van der Waals surface area contributed by atoms with Gasteiger partial charge >= 0.3 is 11.9 Å². The predicted octanol–water partition coefficient (Wildman–Crippen LogP) is 11.5. The minimum Gasteiger partial charge on any atom is -0.481 e. The maximum atomic E-state index is 15.6. The van der Waals surface area contributed by atoms with E-state index in [1.165, 1.54) is 19.3 Å². The third kappa shape index (κ3) is 5.78. The second-order valence-electron chi connectivity index (χ2n) is 23.3. The van der Waals surface area contributed by atoms with Crippen molar-refractivity contribution in [2.45, 2.75) is 164 Å². The normalized spacial score (nSPS) is 44.2. The van der Waals surface area contributed by atoms with Crippen LogP contribution in [0.3, 0.4) is 0 Å². The molecule has 1 aromatic carbocycles. The number of H-pyrrole nitrogens is 1. The molecule has 1 aromatic heterocycles. The van der Waals surface area contributed by atoms with E-state index in [2.05, 4.69) is 82.6 Å². The molecule has 2 N–H and O–H groups in total. The van der Waals surface area contributed by atoms with Gasteiger partial charge < -0.3 is 19.7 Å². The van der Waals surface area contributed by atoms with Crippen LogP contribution in [-0.4, -0.2) is 50.5 Å². The van der Waals surface area contributed by atoms with E-state index >= 15 is 4.79 Å². The van der Waals surface area contributed by atoms with Gasteiger partial charge in [0.15, 0.2) is 0 Å². The topological polar surface area (TPSA) is 113 Å². The summed E-state index contributed by atoms with van der Waals surface area (Å²) in [5.74, 6) is 2.61. The summed E-state index contributed by atoms with van der Waals surface area (Å²) in [6, 6.07) is 10.4. The number of aromatic nitrogens is 2. The second-order valence-corrected chi connectivity index (χ2v) is 23.3. The van der Waals surface area contributed by atoms with Gasteiger partial charge in [-0.2, -0.15) is 0 Å². The molecular formula is C52H75N3O5. The number of carboxylic acid groups (broad SMARTS) is 1. The standard InChI is InChI=1S/C52H75N3O5/c1-10-48(6)35(44(56)57)29-36(48)45(58)60-41-22-23-49(7)39(47(41,4)5)21-24-51(9)40(49)19-18-34-42-33(31(2)3)20-25-52(42,27-26-50(34,51)8)46(59)55-28-14-17-38(55)43-53-30-37(54-43)32-15-12-11-13-16-32/h11-13,15-16,30-31,33-36,38-42H,10,14,17-29H2,1-9H3,(H,53,54)(H,56,57). The van der Waals surface area contributed by atoms with Crippen LogP contribution in [0.2, 0.25) is 0 Å². The van der Waals surface area contributed by atoms with Crippen LogP contribution in [0.5, 0.6) is 0 Å².